The number of carbonyl (C=O) groups is 2. The minimum absolute atomic E-state index is 0.446. The van der Waals surface area contributed by atoms with E-state index in [9.17, 15) is 14.4 Å². The van der Waals surface area contributed by atoms with Gasteiger partial charge in [0.25, 0.3) is 11.5 Å². The van der Waals surface area contributed by atoms with Gasteiger partial charge in [0.2, 0.25) is 0 Å². The number of halogens is 1. The lowest BCUT2D eigenvalue weighted by Gasteiger charge is -2.11. The molecule has 0 saturated carbocycles. The Bertz CT molecular complexity index is 816. The molecule has 23 heavy (non-hydrogen) atoms. The summed E-state index contributed by atoms with van der Waals surface area (Å²) in [4.78, 5) is 39.5. The van der Waals surface area contributed by atoms with Gasteiger partial charge in [-0.15, -0.1) is 0 Å². The average molecular weight is 337 g/mol. The first kappa shape index (κ1) is 16.6. The van der Waals surface area contributed by atoms with E-state index in [4.69, 9.17) is 21.5 Å². The molecule has 0 atom stereocenters. The molecule has 0 bridgehead atoms. The molecule has 0 radical (unpaired) electrons. The van der Waals surface area contributed by atoms with Gasteiger partial charge in [-0.2, -0.15) is 4.73 Å². The lowest BCUT2D eigenvalue weighted by Crippen LogP contribution is -2.34. The number of nitrogens with one attached hydrogen (secondary N) is 1. The normalized spacial score (nSPS) is 10.2. The van der Waals surface area contributed by atoms with Crippen LogP contribution in [0.15, 0.2) is 41.3 Å². The van der Waals surface area contributed by atoms with E-state index < -0.39 is 29.6 Å². The number of hydrogen-bond acceptors (Lipinski definition) is 4. The quantitative estimate of drug-likeness (QED) is 0.863. The van der Waals surface area contributed by atoms with Crippen molar-refractivity contribution in [1.82, 2.24) is 4.73 Å². The molecule has 0 unspecified atom stereocenters. The number of aryl methyl sites for hydroxylation is 1. The number of carboxylic acids is 1. The topological polar surface area (TPSA) is 97.6 Å². The number of rotatable bonds is 5. The largest absolute Gasteiger partial charge is 0.477 e. The van der Waals surface area contributed by atoms with Gasteiger partial charge in [-0.05, 0) is 36.8 Å². The minimum atomic E-state index is -1.37. The summed E-state index contributed by atoms with van der Waals surface area (Å²) >= 11 is 5.86. The van der Waals surface area contributed by atoms with Crippen molar-refractivity contribution in [2.24, 2.45) is 0 Å². The number of aromatic nitrogens is 1. The third-order valence-corrected chi connectivity index (χ3v) is 3.19. The van der Waals surface area contributed by atoms with Crippen molar-refractivity contribution >= 4 is 29.2 Å². The molecule has 8 heteroatoms. The molecule has 1 heterocycles. The molecular formula is C15H13ClN2O5. The van der Waals surface area contributed by atoms with Crippen LogP contribution in [0.3, 0.4) is 0 Å². The van der Waals surface area contributed by atoms with Crippen molar-refractivity contribution in [3.8, 4) is 0 Å². The van der Waals surface area contributed by atoms with Gasteiger partial charge in [0, 0.05) is 16.9 Å². The Morgan fingerprint density at radius 1 is 1.35 bits per heavy atom. The highest BCUT2D eigenvalue weighted by Gasteiger charge is 2.12. The highest BCUT2D eigenvalue weighted by Crippen LogP contribution is 2.19. The molecule has 0 aliphatic carbocycles. The van der Waals surface area contributed by atoms with Crippen molar-refractivity contribution in [2.45, 2.75) is 6.92 Å². The number of anilines is 1. The number of nitrogens with zero attached hydrogens (tertiary/aromatic N) is 1. The van der Waals surface area contributed by atoms with Gasteiger partial charge in [0.05, 0.1) is 0 Å². The summed E-state index contributed by atoms with van der Waals surface area (Å²) in [6, 6.07) is 7.52. The molecule has 2 N–H and O–H groups in total. The van der Waals surface area contributed by atoms with E-state index in [0.29, 0.717) is 15.4 Å². The summed E-state index contributed by atoms with van der Waals surface area (Å²) in [6.07, 6.45) is 1.23. The monoisotopic (exact) mass is 336 g/mol. The van der Waals surface area contributed by atoms with Crippen LogP contribution < -0.4 is 15.7 Å². The Balaban J connectivity index is 2.05. The molecule has 0 fully saturated rings. The van der Waals surface area contributed by atoms with E-state index in [-0.39, 0.29) is 0 Å². The smallest absolute Gasteiger partial charge is 0.341 e. The lowest BCUT2D eigenvalue weighted by molar-refractivity contribution is -0.120. The summed E-state index contributed by atoms with van der Waals surface area (Å²) in [7, 11) is 0. The highest BCUT2D eigenvalue weighted by molar-refractivity contribution is 6.31. The van der Waals surface area contributed by atoms with E-state index in [1.807, 2.05) is 0 Å². The van der Waals surface area contributed by atoms with Crippen molar-refractivity contribution in [3.05, 3.63) is 63.0 Å². The number of aromatic carboxylic acids is 1. The summed E-state index contributed by atoms with van der Waals surface area (Å²) in [5.41, 5.74) is 0.0378. The van der Waals surface area contributed by atoms with E-state index in [2.05, 4.69) is 5.32 Å². The fourth-order valence-electron chi connectivity index (χ4n) is 1.78. The fourth-order valence-corrected chi connectivity index (χ4v) is 1.96. The molecule has 0 saturated heterocycles. The predicted octanol–water partition coefficient (Wildman–Crippen LogP) is 1.58. The first-order valence-electron chi connectivity index (χ1n) is 6.52. The van der Waals surface area contributed by atoms with Crippen LogP contribution >= 0.6 is 11.6 Å². The minimum Gasteiger partial charge on any atom is -0.477 e. The molecule has 7 nitrogen and oxygen atoms in total. The molecule has 120 valence electrons. The summed E-state index contributed by atoms with van der Waals surface area (Å²) in [6.45, 7) is 1.34. The summed E-state index contributed by atoms with van der Waals surface area (Å²) in [5.74, 6) is -1.88. The van der Waals surface area contributed by atoms with E-state index >= 15 is 0 Å². The van der Waals surface area contributed by atoms with Gasteiger partial charge in [-0.25, -0.2) is 4.79 Å². The second kappa shape index (κ2) is 6.97. The van der Waals surface area contributed by atoms with Crippen molar-refractivity contribution in [3.63, 3.8) is 0 Å². The average Bonchev–Trinajstić information content (AvgIpc) is 2.49. The van der Waals surface area contributed by atoms with E-state index in [0.717, 1.165) is 11.6 Å². The fraction of sp³-hybridized carbons (Fsp3) is 0.133. The van der Waals surface area contributed by atoms with Crippen LogP contribution in [-0.4, -0.2) is 28.3 Å². The zero-order valence-electron chi connectivity index (χ0n) is 12.1. The Hall–Kier alpha value is -2.80. The van der Waals surface area contributed by atoms with E-state index in [1.165, 1.54) is 12.3 Å². The van der Waals surface area contributed by atoms with Gasteiger partial charge >= 0.3 is 5.97 Å². The molecule has 1 aromatic carbocycles. The second-order valence-corrected chi connectivity index (χ2v) is 5.08. The molecular weight excluding hydrogens is 324 g/mol. The zero-order valence-corrected chi connectivity index (χ0v) is 12.8. The predicted molar refractivity (Wildman–Crippen MR) is 83.9 cm³/mol. The Kier molecular flexibility index (Phi) is 5.02. The molecule has 0 aliphatic heterocycles. The summed E-state index contributed by atoms with van der Waals surface area (Å²) < 4.78 is 0.702. The van der Waals surface area contributed by atoms with Crippen LogP contribution in [0.4, 0.5) is 5.69 Å². The number of pyridine rings is 1. The highest BCUT2D eigenvalue weighted by atomic mass is 35.5. The van der Waals surface area contributed by atoms with Crippen LogP contribution in [-0.2, 0) is 4.79 Å². The Labute approximate surface area is 136 Å². The Morgan fingerprint density at radius 2 is 2.09 bits per heavy atom. The molecule has 0 spiro atoms. The standard InChI is InChI=1S/C15H13ClN2O5/c1-9-4-5-10(16)7-12(9)17-13(19)8-23-18-6-2-3-11(14(18)20)15(21)22/h2-7H,8H2,1H3,(H,17,19)(H,21,22). The van der Waals surface area contributed by atoms with Gasteiger partial charge in [0.1, 0.15) is 5.56 Å². The van der Waals surface area contributed by atoms with Crippen molar-refractivity contribution < 1.29 is 19.5 Å². The van der Waals surface area contributed by atoms with Gasteiger partial charge in [-0.3, -0.25) is 9.59 Å². The molecule has 2 aromatic rings. The van der Waals surface area contributed by atoms with Crippen LogP contribution in [0.2, 0.25) is 5.02 Å². The summed E-state index contributed by atoms with van der Waals surface area (Å²) in [5, 5.41) is 11.9. The van der Waals surface area contributed by atoms with Crippen LogP contribution in [0, 0.1) is 6.92 Å². The number of carbonyl (C=O) groups excluding carboxylic acids is 1. The first-order chi connectivity index (χ1) is 10.9. The maximum absolute atomic E-state index is 11.9. The van der Waals surface area contributed by atoms with Crippen LogP contribution in [0.5, 0.6) is 0 Å². The molecule has 0 aliphatic rings. The third kappa shape index (κ3) is 4.10. The molecule has 2 rings (SSSR count). The third-order valence-electron chi connectivity index (χ3n) is 2.95. The lowest BCUT2D eigenvalue weighted by atomic mass is 10.2. The van der Waals surface area contributed by atoms with Gasteiger partial charge < -0.3 is 15.3 Å². The second-order valence-electron chi connectivity index (χ2n) is 4.64. The number of amides is 1. The van der Waals surface area contributed by atoms with Crippen LogP contribution in [0.1, 0.15) is 15.9 Å². The van der Waals surface area contributed by atoms with Crippen molar-refractivity contribution in [1.29, 1.82) is 0 Å². The zero-order chi connectivity index (χ0) is 17.0. The SMILES string of the molecule is Cc1ccc(Cl)cc1NC(=O)COn1cccc(C(=O)O)c1=O. The van der Waals surface area contributed by atoms with E-state index in [1.54, 1.807) is 25.1 Å². The maximum Gasteiger partial charge on any atom is 0.341 e. The van der Waals surface area contributed by atoms with Crippen molar-refractivity contribution in [2.75, 3.05) is 11.9 Å². The molecule has 1 aromatic heterocycles. The maximum atomic E-state index is 11.9. The van der Waals surface area contributed by atoms with Crippen LogP contribution in [0.25, 0.3) is 0 Å². The first-order valence-corrected chi connectivity index (χ1v) is 6.90. The van der Waals surface area contributed by atoms with Gasteiger partial charge in [-0.1, -0.05) is 17.7 Å². The molecule has 1 amide bonds. The van der Waals surface area contributed by atoms with Gasteiger partial charge in [0.15, 0.2) is 6.61 Å². The number of carboxylic acid groups (broad SMARTS) is 1. The number of benzene rings is 1. The number of hydrogen-bond donors (Lipinski definition) is 2. The Morgan fingerprint density at radius 3 is 2.78 bits per heavy atom.